The van der Waals surface area contributed by atoms with Crippen LogP contribution >= 0.6 is 0 Å². The van der Waals surface area contributed by atoms with Crippen LogP contribution in [0.5, 0.6) is 0 Å². The zero-order valence-corrected chi connectivity index (χ0v) is 11.3. The molecule has 0 unspecified atom stereocenters. The fourth-order valence-corrected chi connectivity index (χ4v) is 2.50. The molecule has 2 aromatic rings. The Balaban J connectivity index is 1.96. The van der Waals surface area contributed by atoms with Crippen molar-refractivity contribution in [1.29, 1.82) is 0 Å². The molecule has 0 aliphatic carbocycles. The fraction of sp³-hybridized carbons (Fsp3) is 0.538. The number of amides is 1. The van der Waals surface area contributed by atoms with Crippen molar-refractivity contribution in [2.75, 3.05) is 13.1 Å². The predicted molar refractivity (Wildman–Crippen MR) is 70.0 cm³/mol. The van der Waals surface area contributed by atoms with Gasteiger partial charge in [-0.05, 0) is 39.2 Å². The van der Waals surface area contributed by atoms with E-state index in [1.165, 1.54) is 6.42 Å². The molecular formula is C13H17N5O. The number of carbonyl (C=O) groups excluding carboxylic acids is 1. The van der Waals surface area contributed by atoms with E-state index in [0.29, 0.717) is 5.78 Å². The number of likely N-dealkylation sites (tertiary alicyclic amines) is 1. The molecule has 3 rings (SSSR count). The first kappa shape index (κ1) is 12.1. The molecule has 100 valence electrons. The number of hydrogen-bond acceptors (Lipinski definition) is 4. The summed E-state index contributed by atoms with van der Waals surface area (Å²) in [6.07, 6.45) is 3.33. The van der Waals surface area contributed by atoms with Crippen molar-refractivity contribution in [2.24, 2.45) is 0 Å². The van der Waals surface area contributed by atoms with Crippen LogP contribution in [0.25, 0.3) is 5.78 Å². The Labute approximate surface area is 111 Å². The standard InChI is InChI=1S/C13H17N5O/c1-9-8-10(2)18-13(14-9)15-11(16-18)12(19)17-6-4-3-5-7-17/h8H,3-7H2,1-2H3. The van der Waals surface area contributed by atoms with Gasteiger partial charge in [0.25, 0.3) is 11.7 Å². The molecule has 6 nitrogen and oxygen atoms in total. The van der Waals surface area contributed by atoms with Crippen molar-refractivity contribution >= 4 is 11.7 Å². The van der Waals surface area contributed by atoms with Crippen LogP contribution in [0.4, 0.5) is 0 Å². The summed E-state index contributed by atoms with van der Waals surface area (Å²) >= 11 is 0. The van der Waals surface area contributed by atoms with Gasteiger partial charge in [0.2, 0.25) is 5.82 Å². The molecule has 0 bridgehead atoms. The summed E-state index contributed by atoms with van der Waals surface area (Å²) in [7, 11) is 0. The summed E-state index contributed by atoms with van der Waals surface area (Å²) in [5.41, 5.74) is 1.82. The van der Waals surface area contributed by atoms with Crippen molar-refractivity contribution < 1.29 is 4.79 Å². The largest absolute Gasteiger partial charge is 0.336 e. The van der Waals surface area contributed by atoms with Gasteiger partial charge in [-0.2, -0.15) is 4.98 Å². The lowest BCUT2D eigenvalue weighted by Crippen LogP contribution is -2.36. The van der Waals surface area contributed by atoms with E-state index in [2.05, 4.69) is 15.1 Å². The Hall–Kier alpha value is -1.98. The summed E-state index contributed by atoms with van der Waals surface area (Å²) in [6, 6.07) is 1.93. The molecule has 0 N–H and O–H groups in total. The summed E-state index contributed by atoms with van der Waals surface area (Å²) in [5, 5.41) is 4.28. The quantitative estimate of drug-likeness (QED) is 0.776. The van der Waals surface area contributed by atoms with Gasteiger partial charge in [-0.3, -0.25) is 4.79 Å². The van der Waals surface area contributed by atoms with Crippen molar-refractivity contribution in [3.8, 4) is 0 Å². The van der Waals surface area contributed by atoms with Crippen LogP contribution in [0, 0.1) is 13.8 Å². The third-order valence-electron chi connectivity index (χ3n) is 3.45. The average molecular weight is 259 g/mol. The SMILES string of the molecule is Cc1cc(C)n2nc(C(=O)N3CCCCC3)nc2n1. The summed E-state index contributed by atoms with van der Waals surface area (Å²) in [6.45, 7) is 5.46. The lowest BCUT2D eigenvalue weighted by molar-refractivity contribution is 0.0712. The number of carbonyl (C=O) groups is 1. The predicted octanol–water partition coefficient (Wildman–Crippen LogP) is 1.37. The second-order valence-electron chi connectivity index (χ2n) is 5.04. The Bertz CT molecular complexity index is 627. The molecule has 0 atom stereocenters. The monoisotopic (exact) mass is 259 g/mol. The van der Waals surface area contributed by atoms with Gasteiger partial charge in [-0.15, -0.1) is 5.10 Å². The molecule has 0 radical (unpaired) electrons. The minimum Gasteiger partial charge on any atom is -0.336 e. The smallest absolute Gasteiger partial charge is 0.293 e. The number of nitrogens with zero attached hydrogens (tertiary/aromatic N) is 5. The average Bonchev–Trinajstić information content (AvgIpc) is 2.83. The number of aromatic nitrogens is 4. The third kappa shape index (κ3) is 2.18. The topological polar surface area (TPSA) is 63.4 Å². The molecule has 0 spiro atoms. The highest BCUT2D eigenvalue weighted by atomic mass is 16.2. The number of hydrogen-bond donors (Lipinski definition) is 0. The van der Waals surface area contributed by atoms with Crippen LogP contribution in [0.15, 0.2) is 6.07 Å². The molecule has 1 aliphatic rings. The Morgan fingerprint density at radius 3 is 2.63 bits per heavy atom. The Morgan fingerprint density at radius 1 is 1.16 bits per heavy atom. The van der Waals surface area contributed by atoms with Gasteiger partial charge in [-0.25, -0.2) is 9.50 Å². The second kappa shape index (κ2) is 4.60. The van der Waals surface area contributed by atoms with E-state index in [9.17, 15) is 4.79 Å². The van der Waals surface area contributed by atoms with Crippen molar-refractivity contribution in [3.05, 3.63) is 23.3 Å². The van der Waals surface area contributed by atoms with Crippen LogP contribution in [-0.2, 0) is 0 Å². The second-order valence-corrected chi connectivity index (χ2v) is 5.04. The summed E-state index contributed by atoms with van der Waals surface area (Å²) < 4.78 is 1.63. The molecule has 0 saturated carbocycles. The lowest BCUT2D eigenvalue weighted by Gasteiger charge is -2.25. The molecular weight excluding hydrogens is 242 g/mol. The van der Waals surface area contributed by atoms with Gasteiger partial charge in [0.1, 0.15) is 0 Å². The maximum atomic E-state index is 12.3. The van der Waals surface area contributed by atoms with Crippen LogP contribution < -0.4 is 0 Å². The van der Waals surface area contributed by atoms with E-state index < -0.39 is 0 Å². The molecule has 0 aromatic carbocycles. The maximum Gasteiger partial charge on any atom is 0.293 e. The molecule has 1 fully saturated rings. The molecule has 6 heteroatoms. The lowest BCUT2D eigenvalue weighted by atomic mass is 10.1. The van der Waals surface area contributed by atoms with Crippen LogP contribution in [0.1, 0.15) is 41.3 Å². The van der Waals surface area contributed by atoms with E-state index in [1.54, 1.807) is 4.52 Å². The number of rotatable bonds is 1. The van der Waals surface area contributed by atoms with E-state index in [-0.39, 0.29) is 11.7 Å². The van der Waals surface area contributed by atoms with Crippen LogP contribution in [-0.4, -0.2) is 43.5 Å². The van der Waals surface area contributed by atoms with Gasteiger partial charge in [-0.1, -0.05) is 0 Å². The zero-order valence-electron chi connectivity index (χ0n) is 11.3. The molecule has 3 heterocycles. The normalized spacial score (nSPS) is 16.0. The Morgan fingerprint density at radius 2 is 1.89 bits per heavy atom. The molecule has 1 aliphatic heterocycles. The number of fused-ring (bicyclic) bond motifs is 1. The molecule has 19 heavy (non-hydrogen) atoms. The maximum absolute atomic E-state index is 12.3. The van der Waals surface area contributed by atoms with Gasteiger partial charge in [0.15, 0.2) is 0 Å². The van der Waals surface area contributed by atoms with Crippen LogP contribution in [0.2, 0.25) is 0 Å². The fourth-order valence-electron chi connectivity index (χ4n) is 2.50. The third-order valence-corrected chi connectivity index (χ3v) is 3.45. The highest BCUT2D eigenvalue weighted by Gasteiger charge is 2.22. The summed E-state index contributed by atoms with van der Waals surface area (Å²) in [4.78, 5) is 22.7. The van der Waals surface area contributed by atoms with Crippen molar-refractivity contribution in [1.82, 2.24) is 24.5 Å². The van der Waals surface area contributed by atoms with E-state index >= 15 is 0 Å². The molecule has 1 amide bonds. The van der Waals surface area contributed by atoms with E-state index in [0.717, 1.165) is 37.3 Å². The first-order valence-corrected chi connectivity index (χ1v) is 6.65. The van der Waals surface area contributed by atoms with E-state index in [1.807, 2.05) is 24.8 Å². The minimum absolute atomic E-state index is 0.0812. The van der Waals surface area contributed by atoms with Gasteiger partial charge < -0.3 is 4.90 Å². The van der Waals surface area contributed by atoms with E-state index in [4.69, 9.17) is 0 Å². The first-order valence-electron chi connectivity index (χ1n) is 6.65. The summed E-state index contributed by atoms with van der Waals surface area (Å²) in [5.74, 6) is 0.670. The minimum atomic E-state index is -0.0812. The van der Waals surface area contributed by atoms with Gasteiger partial charge in [0.05, 0.1) is 0 Å². The first-order chi connectivity index (χ1) is 9.15. The van der Waals surface area contributed by atoms with Gasteiger partial charge >= 0.3 is 0 Å². The van der Waals surface area contributed by atoms with Crippen LogP contribution in [0.3, 0.4) is 0 Å². The number of aryl methyl sites for hydroxylation is 2. The molecule has 1 saturated heterocycles. The highest BCUT2D eigenvalue weighted by molar-refractivity contribution is 5.90. The highest BCUT2D eigenvalue weighted by Crippen LogP contribution is 2.12. The number of piperidine rings is 1. The zero-order chi connectivity index (χ0) is 13.4. The Kier molecular flexibility index (Phi) is 2.93. The van der Waals surface area contributed by atoms with Crippen molar-refractivity contribution in [3.63, 3.8) is 0 Å². The molecule has 2 aromatic heterocycles. The van der Waals surface area contributed by atoms with Crippen molar-refractivity contribution in [2.45, 2.75) is 33.1 Å². The van der Waals surface area contributed by atoms with Gasteiger partial charge in [0, 0.05) is 24.5 Å².